The van der Waals surface area contributed by atoms with Gasteiger partial charge >= 0.3 is 6.03 Å². The first-order valence-electron chi connectivity index (χ1n) is 6.06. The zero-order valence-electron chi connectivity index (χ0n) is 10.8. The number of hydrogen-bond acceptors (Lipinski definition) is 2. The summed E-state index contributed by atoms with van der Waals surface area (Å²) in [7, 11) is 0. The number of anilines is 1. The molecule has 0 spiro atoms. The number of amides is 2. The Kier molecular flexibility index (Phi) is 3.05. The minimum atomic E-state index is -0.0322. The number of nitrogens with zero attached hydrogens (tertiary/aromatic N) is 2. The first-order valence-corrected chi connectivity index (χ1v) is 6.06. The van der Waals surface area contributed by atoms with Gasteiger partial charge < -0.3 is 5.32 Å². The highest BCUT2D eigenvalue weighted by molar-refractivity contribution is 5.95. The Bertz CT molecular complexity index is 440. The van der Waals surface area contributed by atoms with E-state index in [1.54, 1.807) is 4.90 Å². The average molecular weight is 233 g/mol. The summed E-state index contributed by atoms with van der Waals surface area (Å²) in [5, 5.41) is 2.84. The van der Waals surface area contributed by atoms with Gasteiger partial charge in [0, 0.05) is 12.2 Å². The molecule has 0 radical (unpaired) electrons. The van der Waals surface area contributed by atoms with Crippen molar-refractivity contribution >= 4 is 11.7 Å². The fraction of sp³-hybridized carbons (Fsp3) is 0.538. The third-order valence-electron chi connectivity index (χ3n) is 3.04. The van der Waals surface area contributed by atoms with Crippen molar-refractivity contribution in [3.05, 3.63) is 23.5 Å². The van der Waals surface area contributed by atoms with Crippen molar-refractivity contribution in [2.45, 2.75) is 46.2 Å². The Hall–Kier alpha value is -1.58. The summed E-state index contributed by atoms with van der Waals surface area (Å²) in [6, 6.07) is 2.19. The lowest BCUT2D eigenvalue weighted by Gasteiger charge is -2.32. The number of pyridine rings is 1. The maximum absolute atomic E-state index is 11.9. The Balaban J connectivity index is 2.48. The first kappa shape index (κ1) is 11.9. The average Bonchev–Trinajstić information content (AvgIpc) is 2.27. The van der Waals surface area contributed by atoms with Crippen molar-refractivity contribution in [1.82, 2.24) is 10.3 Å². The van der Waals surface area contributed by atoms with Crippen LogP contribution >= 0.6 is 0 Å². The molecule has 4 heteroatoms. The lowest BCUT2D eigenvalue weighted by molar-refractivity contribution is 0.242. The number of carbonyl (C=O) groups excluding carboxylic acids is 1. The van der Waals surface area contributed by atoms with E-state index in [-0.39, 0.29) is 12.1 Å². The Morgan fingerprint density at radius 3 is 2.65 bits per heavy atom. The zero-order chi connectivity index (χ0) is 12.6. The molecule has 1 aromatic rings. The number of urea groups is 1. The Labute approximate surface area is 102 Å². The SMILES string of the molecule is CC(C)c1cnc2c(c1)N(C(C)C)C(=O)NC2. The van der Waals surface area contributed by atoms with E-state index in [2.05, 4.69) is 30.2 Å². The van der Waals surface area contributed by atoms with Crippen LogP contribution in [0, 0.1) is 0 Å². The maximum atomic E-state index is 11.9. The van der Waals surface area contributed by atoms with E-state index in [1.807, 2.05) is 20.0 Å². The van der Waals surface area contributed by atoms with Gasteiger partial charge in [-0.3, -0.25) is 9.88 Å². The molecule has 0 aromatic carbocycles. The fourth-order valence-corrected chi connectivity index (χ4v) is 2.02. The number of fused-ring (bicyclic) bond motifs is 1. The van der Waals surface area contributed by atoms with E-state index in [0.717, 1.165) is 11.4 Å². The highest BCUT2D eigenvalue weighted by atomic mass is 16.2. The smallest absolute Gasteiger partial charge is 0.322 e. The summed E-state index contributed by atoms with van der Waals surface area (Å²) in [6.07, 6.45) is 1.90. The van der Waals surface area contributed by atoms with Gasteiger partial charge in [-0.15, -0.1) is 0 Å². The zero-order valence-corrected chi connectivity index (χ0v) is 10.8. The van der Waals surface area contributed by atoms with Gasteiger partial charge in [0.15, 0.2) is 0 Å². The molecular weight excluding hydrogens is 214 g/mol. The van der Waals surface area contributed by atoms with Gasteiger partial charge in [-0.05, 0) is 31.4 Å². The summed E-state index contributed by atoms with van der Waals surface area (Å²) in [5.74, 6) is 0.423. The summed E-state index contributed by atoms with van der Waals surface area (Å²) in [4.78, 5) is 18.1. The molecule has 2 heterocycles. The van der Waals surface area contributed by atoms with Gasteiger partial charge in [0.2, 0.25) is 0 Å². The van der Waals surface area contributed by atoms with Crippen molar-refractivity contribution in [2.24, 2.45) is 0 Å². The predicted octanol–water partition coefficient (Wildman–Crippen LogP) is 2.64. The van der Waals surface area contributed by atoms with Crippen molar-refractivity contribution in [3.8, 4) is 0 Å². The number of aromatic nitrogens is 1. The van der Waals surface area contributed by atoms with Crippen LogP contribution < -0.4 is 10.2 Å². The maximum Gasteiger partial charge on any atom is 0.322 e. The molecule has 0 aliphatic carbocycles. The molecule has 0 saturated heterocycles. The van der Waals surface area contributed by atoms with Crippen molar-refractivity contribution in [3.63, 3.8) is 0 Å². The summed E-state index contributed by atoms with van der Waals surface area (Å²) >= 11 is 0. The summed E-state index contributed by atoms with van der Waals surface area (Å²) in [5.41, 5.74) is 3.07. The minimum absolute atomic E-state index is 0.0322. The topological polar surface area (TPSA) is 45.2 Å². The molecule has 1 aliphatic rings. The van der Waals surface area contributed by atoms with Gasteiger partial charge in [-0.1, -0.05) is 13.8 Å². The monoisotopic (exact) mass is 233 g/mol. The predicted molar refractivity (Wildman–Crippen MR) is 68.2 cm³/mol. The quantitative estimate of drug-likeness (QED) is 0.853. The van der Waals surface area contributed by atoms with Crippen LogP contribution in [0.1, 0.15) is 44.9 Å². The van der Waals surface area contributed by atoms with E-state index < -0.39 is 0 Å². The number of carbonyl (C=O) groups is 1. The molecule has 2 amide bonds. The van der Waals surface area contributed by atoms with Gasteiger partial charge in [0.1, 0.15) is 0 Å². The molecule has 1 N–H and O–H groups in total. The molecule has 92 valence electrons. The lowest BCUT2D eigenvalue weighted by Crippen LogP contribution is -2.48. The second-order valence-corrected chi connectivity index (χ2v) is 5.01. The second kappa shape index (κ2) is 4.35. The van der Waals surface area contributed by atoms with E-state index >= 15 is 0 Å². The van der Waals surface area contributed by atoms with E-state index in [9.17, 15) is 4.79 Å². The van der Waals surface area contributed by atoms with E-state index in [4.69, 9.17) is 0 Å². The largest absolute Gasteiger partial charge is 0.332 e. The van der Waals surface area contributed by atoms with Crippen LogP contribution in [0.4, 0.5) is 10.5 Å². The van der Waals surface area contributed by atoms with Gasteiger partial charge in [-0.25, -0.2) is 4.79 Å². The first-order chi connectivity index (χ1) is 8.00. The Morgan fingerprint density at radius 2 is 2.06 bits per heavy atom. The molecule has 1 aromatic heterocycles. The normalized spacial score (nSPS) is 15.2. The standard InChI is InChI=1S/C13H19N3O/c1-8(2)10-5-12-11(14-6-10)7-15-13(17)16(12)9(3)4/h5-6,8-9H,7H2,1-4H3,(H,15,17). The molecule has 2 rings (SSSR count). The van der Waals surface area contributed by atoms with Crippen molar-refractivity contribution in [1.29, 1.82) is 0 Å². The summed E-state index contributed by atoms with van der Waals surface area (Å²) < 4.78 is 0. The highest BCUT2D eigenvalue weighted by Crippen LogP contribution is 2.28. The van der Waals surface area contributed by atoms with Crippen LogP contribution in [0.15, 0.2) is 12.3 Å². The van der Waals surface area contributed by atoms with Crippen LogP contribution in [-0.2, 0) is 6.54 Å². The fourth-order valence-electron chi connectivity index (χ4n) is 2.02. The summed E-state index contributed by atoms with van der Waals surface area (Å²) in [6.45, 7) is 8.81. The molecular formula is C13H19N3O. The van der Waals surface area contributed by atoms with Crippen LogP contribution in [0.3, 0.4) is 0 Å². The van der Waals surface area contributed by atoms with Gasteiger partial charge in [-0.2, -0.15) is 0 Å². The highest BCUT2D eigenvalue weighted by Gasteiger charge is 2.27. The third kappa shape index (κ3) is 2.12. The van der Waals surface area contributed by atoms with Crippen LogP contribution in [-0.4, -0.2) is 17.1 Å². The molecule has 0 unspecified atom stereocenters. The van der Waals surface area contributed by atoms with E-state index in [0.29, 0.717) is 12.5 Å². The number of hydrogen-bond donors (Lipinski definition) is 1. The van der Waals surface area contributed by atoms with Gasteiger partial charge in [0.25, 0.3) is 0 Å². The molecule has 0 fully saturated rings. The van der Waals surface area contributed by atoms with Crippen molar-refractivity contribution < 1.29 is 4.79 Å². The molecule has 0 atom stereocenters. The second-order valence-electron chi connectivity index (χ2n) is 5.01. The molecule has 17 heavy (non-hydrogen) atoms. The molecule has 0 bridgehead atoms. The lowest BCUT2D eigenvalue weighted by atomic mass is 10.0. The Morgan fingerprint density at radius 1 is 1.35 bits per heavy atom. The van der Waals surface area contributed by atoms with Crippen LogP contribution in [0.25, 0.3) is 0 Å². The van der Waals surface area contributed by atoms with Crippen LogP contribution in [0.2, 0.25) is 0 Å². The molecule has 4 nitrogen and oxygen atoms in total. The van der Waals surface area contributed by atoms with Crippen LogP contribution in [0.5, 0.6) is 0 Å². The number of rotatable bonds is 2. The van der Waals surface area contributed by atoms with Crippen molar-refractivity contribution in [2.75, 3.05) is 4.90 Å². The molecule has 1 aliphatic heterocycles. The van der Waals surface area contributed by atoms with Gasteiger partial charge in [0.05, 0.1) is 17.9 Å². The van der Waals surface area contributed by atoms with E-state index in [1.165, 1.54) is 5.56 Å². The third-order valence-corrected chi connectivity index (χ3v) is 3.04. The minimum Gasteiger partial charge on any atom is -0.332 e. The molecule has 0 saturated carbocycles. The number of nitrogens with one attached hydrogen (secondary N) is 1.